The van der Waals surface area contributed by atoms with E-state index in [1.54, 1.807) is 50.1 Å². The minimum atomic E-state index is -0.811. The van der Waals surface area contributed by atoms with Crippen LogP contribution in [0.4, 0.5) is 0 Å². The minimum absolute atomic E-state index is 0.146. The lowest BCUT2D eigenvalue weighted by Gasteiger charge is -2.33. The van der Waals surface area contributed by atoms with E-state index in [1.807, 2.05) is 13.8 Å². The first-order chi connectivity index (χ1) is 12.1. The quantitative estimate of drug-likeness (QED) is 0.661. The smallest absolute Gasteiger partial charge is 0.304 e. The Morgan fingerprint density at radius 3 is 2.38 bits per heavy atom. The lowest BCUT2D eigenvalue weighted by Crippen LogP contribution is -2.55. The topological polar surface area (TPSA) is 79.1 Å². The lowest BCUT2D eigenvalue weighted by atomic mass is 9.84. The molecule has 1 aromatic rings. The highest BCUT2D eigenvalue weighted by Crippen LogP contribution is 2.38. The van der Waals surface area contributed by atoms with E-state index in [4.69, 9.17) is 4.74 Å². The van der Waals surface area contributed by atoms with Gasteiger partial charge in [-0.2, -0.15) is 0 Å². The molecule has 0 radical (unpaired) electrons. The van der Waals surface area contributed by atoms with Crippen molar-refractivity contribution >= 4 is 11.7 Å². The molecule has 2 heterocycles. The molecule has 1 fully saturated rings. The van der Waals surface area contributed by atoms with E-state index in [1.165, 1.54) is 0 Å². The van der Waals surface area contributed by atoms with Gasteiger partial charge in [0.05, 0.1) is 7.11 Å². The SMILES string of the molecule is COc1ccc(C(=O)N2CCCC2C2=[N+]([O-])C(C)(C)C(C)(C)N2O)cc1. The van der Waals surface area contributed by atoms with Crippen LogP contribution >= 0.6 is 0 Å². The molecule has 7 heteroatoms. The first kappa shape index (κ1) is 18.5. The number of rotatable bonds is 3. The van der Waals surface area contributed by atoms with Crippen molar-refractivity contribution in [2.45, 2.75) is 57.7 Å². The maximum atomic E-state index is 13.0. The fourth-order valence-corrected chi connectivity index (χ4v) is 3.62. The molecule has 2 aliphatic rings. The lowest BCUT2D eigenvalue weighted by molar-refractivity contribution is -0.541. The number of hydrogen-bond acceptors (Lipinski definition) is 5. The molecule has 142 valence electrons. The van der Waals surface area contributed by atoms with E-state index in [9.17, 15) is 15.2 Å². The zero-order valence-electron chi connectivity index (χ0n) is 16.0. The number of nitrogens with zero attached hydrogens (tertiary/aromatic N) is 3. The van der Waals surface area contributed by atoms with Crippen LogP contribution in [0, 0.1) is 5.21 Å². The van der Waals surface area contributed by atoms with Crippen LogP contribution in [0.3, 0.4) is 0 Å². The molecule has 1 unspecified atom stereocenters. The van der Waals surface area contributed by atoms with E-state index in [2.05, 4.69) is 0 Å². The highest BCUT2D eigenvalue weighted by atomic mass is 16.5. The highest BCUT2D eigenvalue weighted by Gasteiger charge is 2.61. The highest BCUT2D eigenvalue weighted by molar-refractivity contribution is 5.98. The van der Waals surface area contributed by atoms with Crippen LogP contribution in [0.15, 0.2) is 24.3 Å². The Hall–Kier alpha value is -2.28. The molecular formula is C19H27N3O4. The Kier molecular flexibility index (Phi) is 4.38. The van der Waals surface area contributed by atoms with Gasteiger partial charge in [0, 0.05) is 12.1 Å². The van der Waals surface area contributed by atoms with E-state index >= 15 is 0 Å². The zero-order chi connectivity index (χ0) is 19.3. The number of ether oxygens (including phenoxy) is 1. The van der Waals surface area contributed by atoms with Gasteiger partial charge in [-0.1, -0.05) is 0 Å². The Morgan fingerprint density at radius 2 is 1.88 bits per heavy atom. The Morgan fingerprint density at radius 1 is 1.27 bits per heavy atom. The van der Waals surface area contributed by atoms with Gasteiger partial charge in [-0.15, -0.1) is 5.06 Å². The van der Waals surface area contributed by atoms with Crippen molar-refractivity contribution in [3.05, 3.63) is 35.0 Å². The summed E-state index contributed by atoms with van der Waals surface area (Å²) in [4.78, 5) is 14.7. The summed E-state index contributed by atoms with van der Waals surface area (Å²) in [6.45, 7) is 7.83. The van der Waals surface area contributed by atoms with Crippen molar-refractivity contribution in [2.75, 3.05) is 13.7 Å². The van der Waals surface area contributed by atoms with Gasteiger partial charge in [0.1, 0.15) is 17.3 Å². The molecule has 26 heavy (non-hydrogen) atoms. The van der Waals surface area contributed by atoms with Crippen molar-refractivity contribution in [1.29, 1.82) is 0 Å². The van der Waals surface area contributed by atoms with Gasteiger partial charge >= 0.3 is 5.84 Å². The first-order valence-corrected chi connectivity index (χ1v) is 8.91. The Balaban J connectivity index is 1.93. The molecule has 0 spiro atoms. The fourth-order valence-electron chi connectivity index (χ4n) is 3.62. The van der Waals surface area contributed by atoms with E-state index < -0.39 is 17.1 Å². The number of carbonyl (C=O) groups is 1. The van der Waals surface area contributed by atoms with Gasteiger partial charge < -0.3 is 14.8 Å². The van der Waals surface area contributed by atoms with Gasteiger partial charge in [-0.25, -0.2) is 5.21 Å². The summed E-state index contributed by atoms with van der Waals surface area (Å²) in [5.74, 6) is 0.784. The second-order valence-electron chi connectivity index (χ2n) is 7.97. The summed E-state index contributed by atoms with van der Waals surface area (Å²) in [6.07, 6.45) is 1.44. The fraction of sp³-hybridized carbons (Fsp3) is 0.579. The van der Waals surface area contributed by atoms with Gasteiger partial charge in [0.2, 0.25) is 0 Å². The van der Waals surface area contributed by atoms with Crippen molar-refractivity contribution in [3.63, 3.8) is 0 Å². The molecule has 0 bridgehead atoms. The molecule has 1 atom stereocenters. The number of hydrogen-bond donors (Lipinski definition) is 1. The number of benzene rings is 1. The van der Waals surface area contributed by atoms with E-state index in [0.717, 1.165) is 16.2 Å². The van der Waals surface area contributed by atoms with Crippen LogP contribution in [0.5, 0.6) is 5.75 Å². The largest absolute Gasteiger partial charge is 0.715 e. The number of methoxy groups -OCH3 is 1. The van der Waals surface area contributed by atoms with Crippen molar-refractivity contribution in [2.24, 2.45) is 0 Å². The molecule has 7 nitrogen and oxygen atoms in total. The number of likely N-dealkylation sites (tertiary alicyclic amines) is 1. The summed E-state index contributed by atoms with van der Waals surface area (Å²) in [6, 6.07) is 6.48. The second kappa shape index (κ2) is 6.16. The van der Waals surface area contributed by atoms with Crippen LogP contribution in [0.25, 0.3) is 0 Å². The third-order valence-electron chi connectivity index (χ3n) is 6.11. The third-order valence-corrected chi connectivity index (χ3v) is 6.11. The minimum Gasteiger partial charge on any atom is -0.715 e. The normalized spacial score (nSPS) is 24.3. The second-order valence-corrected chi connectivity index (χ2v) is 7.97. The first-order valence-electron chi connectivity index (χ1n) is 8.91. The monoisotopic (exact) mass is 361 g/mol. The number of amides is 1. The number of amidine groups is 1. The predicted octanol–water partition coefficient (Wildman–Crippen LogP) is 2.47. The van der Waals surface area contributed by atoms with Crippen LogP contribution in [-0.2, 0) is 0 Å². The van der Waals surface area contributed by atoms with Crippen LogP contribution in [0.1, 0.15) is 50.9 Å². The standard InChI is InChI=1S/C19H27N3O4/c1-18(2)19(3,4)22(25)16(21(18)24)15-7-6-12-20(15)17(23)13-8-10-14(26-5)11-9-13/h8-11,15,24H,6-7,12H2,1-5H3. The summed E-state index contributed by atoms with van der Waals surface area (Å²) >= 11 is 0. The van der Waals surface area contributed by atoms with E-state index in [0.29, 0.717) is 24.3 Å². The molecule has 1 amide bonds. The zero-order valence-corrected chi connectivity index (χ0v) is 16.0. The van der Waals surface area contributed by atoms with Crippen LogP contribution < -0.4 is 4.74 Å². The van der Waals surface area contributed by atoms with Gasteiger partial charge in [0.25, 0.3) is 5.91 Å². The average Bonchev–Trinajstić information content (AvgIpc) is 3.13. The summed E-state index contributed by atoms with van der Waals surface area (Å²) in [5.41, 5.74) is -1.03. The molecule has 2 aliphatic heterocycles. The molecule has 1 aromatic carbocycles. The van der Waals surface area contributed by atoms with Crippen LogP contribution in [0.2, 0.25) is 0 Å². The van der Waals surface area contributed by atoms with Gasteiger partial charge in [-0.05, 0) is 64.8 Å². The summed E-state index contributed by atoms with van der Waals surface area (Å²) in [7, 11) is 1.58. The molecule has 0 aliphatic carbocycles. The maximum Gasteiger partial charge on any atom is 0.304 e. The number of hydroxylamine groups is 3. The Bertz CT molecular complexity index is 740. The maximum absolute atomic E-state index is 13.0. The predicted molar refractivity (Wildman–Crippen MR) is 97.5 cm³/mol. The van der Waals surface area contributed by atoms with Crippen molar-refractivity contribution < 1.29 is 19.5 Å². The molecule has 1 saturated heterocycles. The van der Waals surface area contributed by atoms with Crippen LogP contribution in [-0.4, -0.2) is 62.4 Å². The number of carbonyl (C=O) groups excluding carboxylic acids is 1. The summed E-state index contributed by atoms with van der Waals surface area (Å²) < 4.78 is 6.01. The van der Waals surface area contributed by atoms with Crippen molar-refractivity contribution in [1.82, 2.24) is 9.96 Å². The molecule has 1 N–H and O–H groups in total. The summed E-state index contributed by atoms with van der Waals surface area (Å²) in [5, 5.41) is 24.7. The Labute approximate surface area is 154 Å². The van der Waals surface area contributed by atoms with Crippen molar-refractivity contribution in [3.8, 4) is 5.75 Å². The molecule has 3 rings (SSSR count). The molecule has 0 saturated carbocycles. The molecular weight excluding hydrogens is 334 g/mol. The average molecular weight is 361 g/mol. The van der Waals surface area contributed by atoms with Gasteiger partial charge in [0.15, 0.2) is 5.54 Å². The van der Waals surface area contributed by atoms with E-state index in [-0.39, 0.29) is 11.7 Å². The molecule has 0 aromatic heterocycles. The van der Waals surface area contributed by atoms with Gasteiger partial charge in [-0.3, -0.25) is 9.53 Å². The third kappa shape index (κ3) is 2.53.